The summed E-state index contributed by atoms with van der Waals surface area (Å²) in [6.45, 7) is 0.733. The monoisotopic (exact) mass is 348 g/mol. The minimum atomic E-state index is -3.07. The first kappa shape index (κ1) is 15.8. The van der Waals surface area contributed by atoms with E-state index in [2.05, 4.69) is 27.4 Å². The van der Waals surface area contributed by atoms with Crippen molar-refractivity contribution in [3.8, 4) is 11.4 Å². The first-order chi connectivity index (χ1) is 11.0. The zero-order valence-electron chi connectivity index (χ0n) is 12.6. The maximum atomic E-state index is 11.3. The molecule has 0 fully saturated rings. The summed E-state index contributed by atoms with van der Waals surface area (Å²) in [4.78, 5) is 4.32. The Morgan fingerprint density at radius 2 is 1.96 bits per heavy atom. The number of benzene rings is 1. The van der Waals surface area contributed by atoms with Crippen LogP contribution in [0.3, 0.4) is 0 Å². The largest absolute Gasteiger partial charge is 0.252 e. The van der Waals surface area contributed by atoms with Crippen LogP contribution in [-0.2, 0) is 28.6 Å². The van der Waals surface area contributed by atoms with Gasteiger partial charge < -0.3 is 0 Å². The van der Waals surface area contributed by atoms with Gasteiger partial charge in [0.1, 0.15) is 22.1 Å². The maximum absolute atomic E-state index is 11.3. The fraction of sp³-hybridized carbons (Fsp3) is 0.267. The highest BCUT2D eigenvalue weighted by molar-refractivity contribution is 7.90. The summed E-state index contributed by atoms with van der Waals surface area (Å²) in [5.74, 6) is -0.0419. The van der Waals surface area contributed by atoms with Crippen LogP contribution in [0.1, 0.15) is 10.6 Å². The molecule has 0 N–H and O–H groups in total. The molecular formula is C15H16N4O2S2. The number of aromatic nitrogens is 4. The lowest BCUT2D eigenvalue weighted by Gasteiger charge is -2.00. The van der Waals surface area contributed by atoms with E-state index in [0.29, 0.717) is 16.4 Å². The maximum Gasteiger partial charge on any atom is 0.153 e. The molecule has 0 radical (unpaired) electrons. The van der Waals surface area contributed by atoms with Gasteiger partial charge in [0.05, 0.1) is 6.20 Å². The molecule has 0 bridgehead atoms. The second-order valence-electron chi connectivity index (χ2n) is 5.30. The van der Waals surface area contributed by atoms with E-state index in [-0.39, 0.29) is 5.75 Å². The molecule has 23 heavy (non-hydrogen) atoms. The molecule has 3 rings (SSSR count). The highest BCUT2D eigenvalue weighted by atomic mass is 32.2. The molecule has 0 saturated heterocycles. The van der Waals surface area contributed by atoms with Crippen LogP contribution >= 0.6 is 11.3 Å². The number of hydrogen-bond acceptors (Lipinski definition) is 6. The van der Waals surface area contributed by atoms with Crippen molar-refractivity contribution in [2.24, 2.45) is 0 Å². The van der Waals surface area contributed by atoms with Crippen LogP contribution in [-0.4, -0.2) is 34.7 Å². The van der Waals surface area contributed by atoms with Gasteiger partial charge in [0, 0.05) is 18.2 Å². The highest BCUT2D eigenvalue weighted by Gasteiger charge is 2.12. The van der Waals surface area contributed by atoms with E-state index in [1.165, 1.54) is 23.2 Å². The molecule has 6 nitrogen and oxygen atoms in total. The number of hydrogen-bond donors (Lipinski definition) is 0. The number of aryl methyl sites for hydroxylation is 2. The minimum absolute atomic E-state index is 0.0419. The van der Waals surface area contributed by atoms with Crippen molar-refractivity contribution in [2.45, 2.75) is 18.7 Å². The Kier molecular flexibility index (Phi) is 4.53. The Bertz CT molecular complexity index is 885. The van der Waals surface area contributed by atoms with Crippen LogP contribution in [0.15, 0.2) is 41.9 Å². The van der Waals surface area contributed by atoms with Gasteiger partial charge in [-0.05, 0) is 12.0 Å². The van der Waals surface area contributed by atoms with Crippen LogP contribution in [0.5, 0.6) is 0 Å². The molecule has 120 valence electrons. The Hall–Kier alpha value is -2.06. The Balaban J connectivity index is 1.67. The molecule has 0 saturated carbocycles. The summed E-state index contributed by atoms with van der Waals surface area (Å²) in [6, 6.07) is 10.2. The van der Waals surface area contributed by atoms with E-state index in [1.807, 2.05) is 29.8 Å². The van der Waals surface area contributed by atoms with Crippen LogP contribution in [0.2, 0.25) is 0 Å². The van der Waals surface area contributed by atoms with Crippen molar-refractivity contribution in [3.05, 3.63) is 52.5 Å². The molecule has 3 aromatic rings. The molecule has 2 aromatic heterocycles. The molecule has 1 aromatic carbocycles. The standard InChI is InChI=1S/C15H16N4O2S2/c1-23(20,21)11-15-16-14(10-22-15)13-9-19(18-17-13)8-7-12-5-3-2-4-6-12/h2-6,9-10H,7-8,11H2,1H3. The third-order valence-corrected chi connectivity index (χ3v) is 5.04. The number of nitrogens with zero attached hydrogens (tertiary/aromatic N) is 4. The number of sulfone groups is 1. The summed E-state index contributed by atoms with van der Waals surface area (Å²) in [5, 5.41) is 10.6. The molecule has 0 aliphatic carbocycles. The fourth-order valence-corrected chi connectivity index (χ4v) is 4.13. The molecule has 0 spiro atoms. The lowest BCUT2D eigenvalue weighted by atomic mass is 10.1. The topological polar surface area (TPSA) is 77.7 Å². The van der Waals surface area contributed by atoms with E-state index in [1.54, 1.807) is 4.68 Å². The van der Waals surface area contributed by atoms with Gasteiger partial charge in [-0.1, -0.05) is 35.5 Å². The van der Waals surface area contributed by atoms with E-state index < -0.39 is 9.84 Å². The number of rotatable bonds is 6. The van der Waals surface area contributed by atoms with E-state index >= 15 is 0 Å². The summed E-state index contributed by atoms with van der Waals surface area (Å²) >= 11 is 1.32. The summed E-state index contributed by atoms with van der Waals surface area (Å²) < 4.78 is 24.4. The zero-order valence-corrected chi connectivity index (χ0v) is 14.2. The van der Waals surface area contributed by atoms with Gasteiger partial charge in [-0.2, -0.15) is 0 Å². The van der Waals surface area contributed by atoms with Gasteiger partial charge in [0.2, 0.25) is 0 Å². The molecule has 0 amide bonds. The lowest BCUT2D eigenvalue weighted by Crippen LogP contribution is -2.01. The third-order valence-electron chi connectivity index (χ3n) is 3.21. The first-order valence-electron chi connectivity index (χ1n) is 7.06. The summed E-state index contributed by atoms with van der Waals surface area (Å²) in [6.07, 6.45) is 3.91. The first-order valence-corrected chi connectivity index (χ1v) is 10.0. The van der Waals surface area contributed by atoms with Crippen molar-refractivity contribution in [1.29, 1.82) is 0 Å². The van der Waals surface area contributed by atoms with Gasteiger partial charge in [-0.3, -0.25) is 4.68 Å². The van der Waals surface area contributed by atoms with E-state index in [4.69, 9.17) is 0 Å². The average molecular weight is 348 g/mol. The molecule has 0 unspecified atom stereocenters. The van der Waals surface area contributed by atoms with Crippen molar-refractivity contribution in [2.75, 3.05) is 6.26 Å². The SMILES string of the molecule is CS(=O)(=O)Cc1nc(-c2cn(CCc3ccccc3)nn2)cs1. The molecule has 2 heterocycles. The lowest BCUT2D eigenvalue weighted by molar-refractivity contribution is 0.589. The molecule has 0 aliphatic heterocycles. The predicted molar refractivity (Wildman–Crippen MR) is 89.8 cm³/mol. The second-order valence-corrected chi connectivity index (χ2v) is 8.38. The van der Waals surface area contributed by atoms with Gasteiger partial charge in [-0.25, -0.2) is 13.4 Å². The highest BCUT2D eigenvalue weighted by Crippen LogP contribution is 2.21. The van der Waals surface area contributed by atoms with E-state index in [9.17, 15) is 8.42 Å². The van der Waals surface area contributed by atoms with Gasteiger partial charge >= 0.3 is 0 Å². The third kappa shape index (κ3) is 4.46. The van der Waals surface area contributed by atoms with Crippen molar-refractivity contribution in [3.63, 3.8) is 0 Å². The molecular weight excluding hydrogens is 332 g/mol. The second kappa shape index (κ2) is 6.59. The van der Waals surface area contributed by atoms with Gasteiger partial charge in [0.15, 0.2) is 9.84 Å². The van der Waals surface area contributed by atoms with Crippen molar-refractivity contribution in [1.82, 2.24) is 20.0 Å². The Labute approximate surface area is 138 Å². The predicted octanol–water partition coefficient (Wildman–Crippen LogP) is 2.19. The smallest absolute Gasteiger partial charge is 0.153 e. The summed E-state index contributed by atoms with van der Waals surface area (Å²) in [5.41, 5.74) is 2.57. The normalized spacial score (nSPS) is 11.7. The Morgan fingerprint density at radius 1 is 1.17 bits per heavy atom. The van der Waals surface area contributed by atoms with Crippen molar-refractivity contribution >= 4 is 21.2 Å². The minimum Gasteiger partial charge on any atom is -0.252 e. The van der Waals surface area contributed by atoms with Crippen LogP contribution in [0, 0.1) is 0 Å². The molecule has 0 aliphatic rings. The van der Waals surface area contributed by atoms with Gasteiger partial charge in [0.25, 0.3) is 0 Å². The molecule has 0 atom stereocenters. The van der Waals surface area contributed by atoms with Gasteiger partial charge in [-0.15, -0.1) is 16.4 Å². The molecule has 8 heteroatoms. The summed E-state index contributed by atoms with van der Waals surface area (Å²) in [7, 11) is -3.07. The average Bonchev–Trinajstić information content (AvgIpc) is 3.13. The Morgan fingerprint density at radius 3 is 2.70 bits per heavy atom. The zero-order chi connectivity index (χ0) is 16.3. The van der Waals surface area contributed by atoms with E-state index in [0.717, 1.165) is 13.0 Å². The van der Waals surface area contributed by atoms with Crippen LogP contribution in [0.25, 0.3) is 11.4 Å². The quantitative estimate of drug-likeness (QED) is 0.682. The fourth-order valence-electron chi connectivity index (χ4n) is 2.13. The van der Waals surface area contributed by atoms with Crippen LogP contribution < -0.4 is 0 Å². The van der Waals surface area contributed by atoms with Crippen LogP contribution in [0.4, 0.5) is 0 Å². The van der Waals surface area contributed by atoms with Crippen molar-refractivity contribution < 1.29 is 8.42 Å². The number of thiazole rings is 1.